The molecule has 1 amide bonds. The first kappa shape index (κ1) is 18.0. The fourth-order valence-corrected chi connectivity index (χ4v) is 4.30. The predicted octanol–water partition coefficient (Wildman–Crippen LogP) is 3.55. The molecule has 1 aliphatic heterocycles. The Morgan fingerprint density at radius 3 is 2.74 bits per heavy atom. The van der Waals surface area contributed by atoms with Crippen LogP contribution in [0.5, 0.6) is 0 Å². The van der Waals surface area contributed by atoms with Gasteiger partial charge in [0.25, 0.3) is 5.91 Å². The van der Waals surface area contributed by atoms with Gasteiger partial charge in [0.1, 0.15) is 11.3 Å². The van der Waals surface area contributed by atoms with Gasteiger partial charge in [-0.1, -0.05) is 12.1 Å². The molecule has 2 heterocycles. The lowest BCUT2D eigenvalue weighted by atomic mass is 9.90. The van der Waals surface area contributed by atoms with Gasteiger partial charge in [0.15, 0.2) is 0 Å². The summed E-state index contributed by atoms with van der Waals surface area (Å²) >= 11 is 0. The second-order valence-electron chi connectivity index (χ2n) is 7.62. The first-order valence-electron chi connectivity index (χ1n) is 9.91. The second kappa shape index (κ2) is 7.69. The van der Waals surface area contributed by atoms with Crippen LogP contribution in [0, 0.1) is 6.92 Å². The Hall–Kier alpha value is -2.40. The van der Waals surface area contributed by atoms with Crippen LogP contribution in [0.2, 0.25) is 0 Å². The minimum absolute atomic E-state index is 0.112. The van der Waals surface area contributed by atoms with Crippen molar-refractivity contribution >= 4 is 11.6 Å². The molecule has 142 valence electrons. The molecular weight excluding hydrogens is 340 g/mol. The molecule has 2 N–H and O–H groups in total. The van der Waals surface area contributed by atoms with Crippen LogP contribution in [0.4, 0.5) is 5.69 Å². The largest absolute Gasteiger partial charge is 0.427 e. The van der Waals surface area contributed by atoms with E-state index in [0.29, 0.717) is 11.3 Å². The molecule has 0 saturated carbocycles. The smallest absolute Gasteiger partial charge is 0.349 e. The van der Waals surface area contributed by atoms with Crippen LogP contribution in [-0.2, 0) is 12.8 Å². The topological polar surface area (TPSA) is 71.3 Å². The number of nitrogens with one attached hydrogen (secondary N) is 2. The Bertz CT molecular complexity index is 910. The van der Waals surface area contributed by atoms with Gasteiger partial charge >= 0.3 is 5.63 Å². The van der Waals surface area contributed by atoms with Crippen molar-refractivity contribution in [2.75, 3.05) is 18.4 Å². The van der Waals surface area contributed by atoms with E-state index in [4.69, 9.17) is 4.42 Å². The molecule has 0 radical (unpaired) electrons. The van der Waals surface area contributed by atoms with E-state index in [1.165, 1.54) is 17.5 Å². The molecule has 1 aromatic heterocycles. The molecular formula is C22H26N2O3. The van der Waals surface area contributed by atoms with Gasteiger partial charge in [-0.3, -0.25) is 4.79 Å². The molecule has 5 nitrogen and oxygen atoms in total. The number of carbonyl (C=O) groups is 1. The third-order valence-electron chi connectivity index (χ3n) is 5.78. The highest BCUT2D eigenvalue weighted by Crippen LogP contribution is 2.29. The van der Waals surface area contributed by atoms with E-state index >= 15 is 0 Å². The lowest BCUT2D eigenvalue weighted by Crippen LogP contribution is -2.28. The Balaban J connectivity index is 1.60. The van der Waals surface area contributed by atoms with Gasteiger partial charge in [-0.05, 0) is 87.4 Å². The van der Waals surface area contributed by atoms with E-state index in [1.54, 1.807) is 0 Å². The maximum absolute atomic E-state index is 12.8. The second-order valence-corrected chi connectivity index (χ2v) is 7.62. The average molecular weight is 366 g/mol. The van der Waals surface area contributed by atoms with Crippen LogP contribution in [0.25, 0.3) is 0 Å². The first-order chi connectivity index (χ1) is 13.1. The maximum atomic E-state index is 12.8. The molecule has 1 saturated heterocycles. The van der Waals surface area contributed by atoms with E-state index in [2.05, 4.69) is 16.7 Å². The summed E-state index contributed by atoms with van der Waals surface area (Å²) in [4.78, 5) is 25.4. The van der Waals surface area contributed by atoms with Crippen LogP contribution < -0.4 is 16.3 Å². The fourth-order valence-electron chi connectivity index (χ4n) is 4.30. The lowest BCUT2D eigenvalue weighted by Gasteiger charge is -2.22. The predicted molar refractivity (Wildman–Crippen MR) is 106 cm³/mol. The zero-order chi connectivity index (χ0) is 18.8. The van der Waals surface area contributed by atoms with Crippen molar-refractivity contribution in [3.63, 3.8) is 0 Å². The summed E-state index contributed by atoms with van der Waals surface area (Å²) in [5.41, 5.74) is 3.57. The lowest BCUT2D eigenvalue weighted by molar-refractivity contribution is 0.102. The third-order valence-corrected chi connectivity index (χ3v) is 5.78. The quantitative estimate of drug-likeness (QED) is 0.871. The fraction of sp³-hybridized carbons (Fsp3) is 0.455. The molecule has 0 spiro atoms. The number of hydrogen-bond acceptors (Lipinski definition) is 4. The molecule has 0 bridgehead atoms. The monoisotopic (exact) mass is 366 g/mol. The number of rotatable bonds is 3. The van der Waals surface area contributed by atoms with Gasteiger partial charge < -0.3 is 15.1 Å². The third kappa shape index (κ3) is 3.69. The Morgan fingerprint density at radius 2 is 1.96 bits per heavy atom. The summed E-state index contributed by atoms with van der Waals surface area (Å²) in [6, 6.07) is 7.88. The van der Waals surface area contributed by atoms with Gasteiger partial charge in [-0.25, -0.2) is 4.79 Å². The number of amides is 1. The van der Waals surface area contributed by atoms with Crippen molar-refractivity contribution in [2.24, 2.45) is 0 Å². The molecule has 2 aromatic rings. The van der Waals surface area contributed by atoms with Gasteiger partial charge in [0, 0.05) is 11.6 Å². The standard InChI is InChI=1S/C22H26N2O3/c1-14-13-19(16-9-11-23-12-10-16)27-22(26)20(14)21(25)24-18-8-4-6-15-5-2-3-7-17(15)18/h4,6,8,13,16,23H,2-3,5,7,9-12H2,1H3,(H,24,25). The van der Waals surface area contributed by atoms with E-state index < -0.39 is 5.63 Å². The van der Waals surface area contributed by atoms with Gasteiger partial charge in [-0.15, -0.1) is 0 Å². The minimum atomic E-state index is -0.536. The minimum Gasteiger partial charge on any atom is -0.427 e. The zero-order valence-electron chi connectivity index (χ0n) is 15.8. The average Bonchev–Trinajstić information content (AvgIpc) is 2.68. The van der Waals surface area contributed by atoms with Crippen LogP contribution >= 0.6 is 0 Å². The molecule has 2 aliphatic rings. The number of anilines is 1. The van der Waals surface area contributed by atoms with E-state index in [-0.39, 0.29) is 17.4 Å². The summed E-state index contributed by atoms with van der Waals surface area (Å²) in [5.74, 6) is 0.570. The molecule has 1 fully saturated rings. The summed E-state index contributed by atoms with van der Waals surface area (Å²) in [6.07, 6.45) is 6.23. The number of piperidine rings is 1. The van der Waals surface area contributed by atoms with Crippen molar-refractivity contribution in [2.45, 2.75) is 51.4 Å². The number of aryl methyl sites for hydroxylation is 2. The van der Waals surface area contributed by atoms with E-state index in [9.17, 15) is 9.59 Å². The van der Waals surface area contributed by atoms with Crippen molar-refractivity contribution in [3.8, 4) is 0 Å². The van der Waals surface area contributed by atoms with Crippen LogP contribution in [0.15, 0.2) is 33.5 Å². The van der Waals surface area contributed by atoms with Crippen LogP contribution in [0.1, 0.15) is 64.4 Å². The van der Waals surface area contributed by atoms with E-state index in [0.717, 1.165) is 50.9 Å². The molecule has 1 aliphatic carbocycles. The van der Waals surface area contributed by atoms with Gasteiger partial charge in [-0.2, -0.15) is 0 Å². The number of fused-ring (bicyclic) bond motifs is 1. The summed E-state index contributed by atoms with van der Waals surface area (Å²) < 4.78 is 5.56. The van der Waals surface area contributed by atoms with Crippen molar-refractivity contribution in [3.05, 3.63) is 62.7 Å². The SMILES string of the molecule is Cc1cc(C2CCNCC2)oc(=O)c1C(=O)Nc1cccc2c1CCCC2. The molecule has 0 unspecified atom stereocenters. The van der Waals surface area contributed by atoms with Crippen molar-refractivity contribution in [1.82, 2.24) is 5.32 Å². The number of benzene rings is 1. The molecule has 27 heavy (non-hydrogen) atoms. The Labute approximate surface area is 159 Å². The summed E-state index contributed by atoms with van der Waals surface area (Å²) in [7, 11) is 0. The highest BCUT2D eigenvalue weighted by atomic mass is 16.4. The normalized spacial score (nSPS) is 17.4. The van der Waals surface area contributed by atoms with Crippen molar-refractivity contribution in [1.29, 1.82) is 0 Å². The molecule has 0 atom stereocenters. The van der Waals surface area contributed by atoms with Crippen molar-refractivity contribution < 1.29 is 9.21 Å². The molecule has 5 heteroatoms. The number of carbonyl (C=O) groups excluding carboxylic acids is 1. The first-order valence-corrected chi connectivity index (χ1v) is 9.91. The highest BCUT2D eigenvalue weighted by Gasteiger charge is 2.23. The maximum Gasteiger partial charge on any atom is 0.349 e. The van der Waals surface area contributed by atoms with E-state index in [1.807, 2.05) is 25.1 Å². The zero-order valence-corrected chi connectivity index (χ0v) is 15.8. The number of hydrogen-bond donors (Lipinski definition) is 2. The summed E-state index contributed by atoms with van der Waals surface area (Å²) in [6.45, 7) is 3.67. The van der Waals surface area contributed by atoms with Crippen LogP contribution in [-0.4, -0.2) is 19.0 Å². The van der Waals surface area contributed by atoms with Gasteiger partial charge in [0.2, 0.25) is 0 Å². The highest BCUT2D eigenvalue weighted by molar-refractivity contribution is 6.05. The summed E-state index contributed by atoms with van der Waals surface area (Å²) in [5, 5.41) is 6.27. The van der Waals surface area contributed by atoms with Gasteiger partial charge in [0.05, 0.1) is 0 Å². The molecule has 4 rings (SSSR count). The Kier molecular flexibility index (Phi) is 5.12. The Morgan fingerprint density at radius 1 is 1.19 bits per heavy atom. The molecule has 1 aromatic carbocycles. The van der Waals surface area contributed by atoms with Crippen LogP contribution in [0.3, 0.4) is 0 Å².